The van der Waals surface area contributed by atoms with Crippen molar-refractivity contribution >= 4 is 23.3 Å². The molecule has 2 aromatic carbocycles. The summed E-state index contributed by atoms with van der Waals surface area (Å²) in [6.07, 6.45) is 0. The van der Waals surface area contributed by atoms with Crippen LogP contribution in [-0.2, 0) is 9.59 Å². The molecule has 2 amide bonds. The summed E-state index contributed by atoms with van der Waals surface area (Å²) in [5.41, 5.74) is 2.68. The fraction of sp³-hybridized carbons (Fsp3) is 0.211. The van der Waals surface area contributed by atoms with Gasteiger partial charge in [0.15, 0.2) is 6.61 Å². The van der Waals surface area contributed by atoms with Crippen molar-refractivity contribution in [2.24, 2.45) is 0 Å². The molecule has 1 aliphatic rings. The number of hydrogen-bond donors (Lipinski definition) is 2. The number of benzene rings is 2. The number of amides is 2. The SMILES string of the molecule is Cc1ccc(C(=O)C(=O)N[C@H](C)c2ccc3c(c2)NC(=O)CO3)cc1. The predicted molar refractivity (Wildman–Crippen MR) is 92.6 cm³/mol. The molecule has 0 aliphatic carbocycles. The first-order valence-electron chi connectivity index (χ1n) is 7.92. The number of carbonyl (C=O) groups is 3. The quantitative estimate of drug-likeness (QED) is 0.662. The standard InChI is InChI=1S/C19H18N2O4/c1-11-3-5-13(6-4-11)18(23)19(24)20-12(2)14-7-8-16-15(9-14)21-17(22)10-25-16/h3-9,12H,10H2,1-2H3,(H,20,24)(H,21,22)/t12-/m1/s1. The summed E-state index contributed by atoms with van der Waals surface area (Å²) in [6.45, 7) is 3.67. The number of fused-ring (bicyclic) bond motifs is 1. The molecule has 0 spiro atoms. The maximum atomic E-state index is 12.2. The van der Waals surface area contributed by atoms with E-state index >= 15 is 0 Å². The van der Waals surface area contributed by atoms with Crippen LogP contribution in [0.1, 0.15) is 34.5 Å². The molecule has 1 aliphatic heterocycles. The lowest BCUT2D eigenvalue weighted by Crippen LogP contribution is -2.33. The number of aryl methyl sites for hydroxylation is 1. The number of carbonyl (C=O) groups excluding carboxylic acids is 3. The zero-order valence-electron chi connectivity index (χ0n) is 14.0. The molecule has 0 aromatic heterocycles. The van der Waals surface area contributed by atoms with Gasteiger partial charge in [0.25, 0.3) is 11.8 Å². The van der Waals surface area contributed by atoms with E-state index in [1.54, 1.807) is 49.4 Å². The van der Waals surface area contributed by atoms with Crippen molar-refractivity contribution in [1.29, 1.82) is 0 Å². The molecule has 1 heterocycles. The van der Waals surface area contributed by atoms with Gasteiger partial charge in [-0.2, -0.15) is 0 Å². The highest BCUT2D eigenvalue weighted by molar-refractivity contribution is 6.42. The molecule has 0 saturated heterocycles. The van der Waals surface area contributed by atoms with Crippen LogP contribution in [0.2, 0.25) is 0 Å². The van der Waals surface area contributed by atoms with Gasteiger partial charge in [-0.1, -0.05) is 35.9 Å². The van der Waals surface area contributed by atoms with E-state index in [2.05, 4.69) is 10.6 Å². The Kier molecular flexibility index (Phi) is 4.52. The molecule has 6 nitrogen and oxygen atoms in total. The van der Waals surface area contributed by atoms with Gasteiger partial charge in [-0.05, 0) is 31.5 Å². The molecule has 2 N–H and O–H groups in total. The van der Waals surface area contributed by atoms with Crippen molar-refractivity contribution in [3.05, 3.63) is 59.2 Å². The van der Waals surface area contributed by atoms with Gasteiger partial charge in [0.2, 0.25) is 5.78 Å². The number of anilines is 1. The Hall–Kier alpha value is -3.15. The second-order valence-electron chi connectivity index (χ2n) is 5.98. The smallest absolute Gasteiger partial charge is 0.292 e. The van der Waals surface area contributed by atoms with E-state index in [4.69, 9.17) is 4.74 Å². The summed E-state index contributed by atoms with van der Waals surface area (Å²) in [5, 5.41) is 5.40. The van der Waals surface area contributed by atoms with Crippen LogP contribution in [0.3, 0.4) is 0 Å². The average Bonchev–Trinajstić information content (AvgIpc) is 2.61. The van der Waals surface area contributed by atoms with E-state index in [0.717, 1.165) is 11.1 Å². The van der Waals surface area contributed by atoms with Crippen molar-refractivity contribution in [3.63, 3.8) is 0 Å². The third kappa shape index (κ3) is 3.68. The fourth-order valence-corrected chi connectivity index (χ4v) is 2.55. The van der Waals surface area contributed by atoms with E-state index in [-0.39, 0.29) is 12.5 Å². The van der Waals surface area contributed by atoms with Crippen LogP contribution < -0.4 is 15.4 Å². The van der Waals surface area contributed by atoms with Crippen molar-refractivity contribution < 1.29 is 19.1 Å². The lowest BCUT2D eigenvalue weighted by Gasteiger charge is -2.20. The van der Waals surface area contributed by atoms with Crippen molar-refractivity contribution in [3.8, 4) is 5.75 Å². The number of rotatable bonds is 4. The Bertz CT molecular complexity index is 843. The molecule has 0 saturated carbocycles. The van der Waals surface area contributed by atoms with Crippen molar-refractivity contribution in [2.45, 2.75) is 19.9 Å². The third-order valence-electron chi connectivity index (χ3n) is 4.00. The summed E-state index contributed by atoms with van der Waals surface area (Å²) in [7, 11) is 0. The van der Waals surface area contributed by atoms with Gasteiger partial charge in [0.1, 0.15) is 5.75 Å². The Morgan fingerprint density at radius 2 is 1.88 bits per heavy atom. The normalized spacial score (nSPS) is 13.9. The maximum Gasteiger partial charge on any atom is 0.292 e. The van der Waals surface area contributed by atoms with E-state index in [1.165, 1.54) is 0 Å². The summed E-state index contributed by atoms with van der Waals surface area (Å²) >= 11 is 0. The molecule has 128 valence electrons. The van der Waals surface area contributed by atoms with E-state index in [9.17, 15) is 14.4 Å². The minimum Gasteiger partial charge on any atom is -0.482 e. The highest BCUT2D eigenvalue weighted by Gasteiger charge is 2.21. The molecule has 2 aromatic rings. The first-order valence-corrected chi connectivity index (χ1v) is 7.92. The van der Waals surface area contributed by atoms with Crippen LogP contribution in [0, 0.1) is 6.92 Å². The third-order valence-corrected chi connectivity index (χ3v) is 4.00. The molecule has 3 rings (SSSR count). The van der Waals surface area contributed by atoms with Crippen LogP contribution in [0.25, 0.3) is 0 Å². The summed E-state index contributed by atoms with van der Waals surface area (Å²) in [5.74, 6) is -0.899. The molecule has 0 unspecified atom stereocenters. The van der Waals surface area contributed by atoms with Gasteiger partial charge in [0.05, 0.1) is 11.7 Å². The summed E-state index contributed by atoms with van der Waals surface area (Å²) in [4.78, 5) is 35.8. The Labute approximate surface area is 145 Å². The van der Waals surface area contributed by atoms with Crippen LogP contribution in [0.15, 0.2) is 42.5 Å². The lowest BCUT2D eigenvalue weighted by atomic mass is 10.0. The fourth-order valence-electron chi connectivity index (χ4n) is 2.55. The highest BCUT2D eigenvalue weighted by Crippen LogP contribution is 2.30. The number of nitrogens with one attached hydrogen (secondary N) is 2. The molecule has 0 bridgehead atoms. The van der Waals surface area contributed by atoms with Gasteiger partial charge >= 0.3 is 0 Å². The number of ether oxygens (including phenoxy) is 1. The van der Waals surface area contributed by atoms with Crippen LogP contribution >= 0.6 is 0 Å². The van der Waals surface area contributed by atoms with Crippen LogP contribution in [-0.4, -0.2) is 24.2 Å². The van der Waals surface area contributed by atoms with E-state index < -0.39 is 17.7 Å². The zero-order valence-corrected chi connectivity index (χ0v) is 14.0. The van der Waals surface area contributed by atoms with Gasteiger partial charge in [-0.25, -0.2) is 0 Å². The van der Waals surface area contributed by atoms with Crippen molar-refractivity contribution in [1.82, 2.24) is 5.32 Å². The second kappa shape index (κ2) is 6.76. The van der Waals surface area contributed by atoms with Crippen molar-refractivity contribution in [2.75, 3.05) is 11.9 Å². The van der Waals surface area contributed by atoms with E-state index in [1.807, 2.05) is 6.92 Å². The minimum absolute atomic E-state index is 0.0102. The van der Waals surface area contributed by atoms with E-state index in [0.29, 0.717) is 17.0 Å². The predicted octanol–water partition coefficient (Wildman–Crippen LogP) is 2.39. The molecule has 6 heteroatoms. The lowest BCUT2D eigenvalue weighted by molar-refractivity contribution is -0.119. The number of hydrogen-bond acceptors (Lipinski definition) is 4. The molecule has 1 atom stereocenters. The van der Waals surface area contributed by atoms with Crippen LogP contribution in [0.5, 0.6) is 5.75 Å². The average molecular weight is 338 g/mol. The monoisotopic (exact) mass is 338 g/mol. The molecule has 0 fully saturated rings. The molecular weight excluding hydrogens is 320 g/mol. The summed E-state index contributed by atoms with van der Waals surface area (Å²) in [6, 6.07) is 11.7. The van der Waals surface area contributed by atoms with Gasteiger partial charge in [0, 0.05) is 5.56 Å². The minimum atomic E-state index is -0.672. The molecule has 25 heavy (non-hydrogen) atoms. The maximum absolute atomic E-state index is 12.2. The van der Waals surface area contributed by atoms with Gasteiger partial charge < -0.3 is 15.4 Å². The Morgan fingerprint density at radius 3 is 2.60 bits per heavy atom. The molecular formula is C19H18N2O4. The van der Waals surface area contributed by atoms with Gasteiger partial charge in [-0.3, -0.25) is 14.4 Å². The Balaban J connectivity index is 1.71. The topological polar surface area (TPSA) is 84.5 Å². The molecule has 0 radical (unpaired) electrons. The number of ketones is 1. The van der Waals surface area contributed by atoms with Gasteiger partial charge in [-0.15, -0.1) is 0 Å². The highest BCUT2D eigenvalue weighted by atomic mass is 16.5. The number of Topliss-reactive ketones (excluding diaryl/α,β-unsaturated/α-hetero) is 1. The zero-order chi connectivity index (χ0) is 18.0. The first-order chi connectivity index (χ1) is 11.9. The van der Waals surface area contributed by atoms with Crippen LogP contribution in [0.4, 0.5) is 5.69 Å². The summed E-state index contributed by atoms with van der Waals surface area (Å²) < 4.78 is 5.30. The Morgan fingerprint density at radius 1 is 1.16 bits per heavy atom. The second-order valence-corrected chi connectivity index (χ2v) is 5.98. The first kappa shape index (κ1) is 16.7. The largest absolute Gasteiger partial charge is 0.482 e.